The molecule has 1 N–H and O–H groups in total. The van der Waals surface area contributed by atoms with Gasteiger partial charge in [0.15, 0.2) is 0 Å². The van der Waals surface area contributed by atoms with E-state index in [1.165, 1.54) is 6.92 Å². The summed E-state index contributed by atoms with van der Waals surface area (Å²) in [5, 5.41) is 2.17. The summed E-state index contributed by atoms with van der Waals surface area (Å²) in [4.78, 5) is 12.0. The number of rotatable bonds is 3. The van der Waals surface area contributed by atoms with Gasteiger partial charge in [-0.05, 0) is 32.6 Å². The molecular weight excluding hydrogens is 247 g/mol. The summed E-state index contributed by atoms with van der Waals surface area (Å²) >= 11 is 0. The Bertz CT molecular complexity index is 345. The standard InChI is InChI=1S/C12H18F3NO2/c1-3-11(2,12(13,14)15)16-10(17)8-6-7-4-5-9(8)18-7/h7-9H,3-6H2,1-2H3,(H,16,17)/t7-,8+,9-,11-/m1/s1. The molecule has 3 nitrogen and oxygen atoms in total. The van der Waals surface area contributed by atoms with Gasteiger partial charge >= 0.3 is 6.18 Å². The van der Waals surface area contributed by atoms with Gasteiger partial charge in [0, 0.05) is 0 Å². The molecule has 2 bridgehead atoms. The Morgan fingerprint density at radius 1 is 1.39 bits per heavy atom. The van der Waals surface area contributed by atoms with Crippen LogP contribution in [0.15, 0.2) is 0 Å². The fraction of sp³-hybridized carbons (Fsp3) is 0.917. The van der Waals surface area contributed by atoms with Gasteiger partial charge in [-0.25, -0.2) is 0 Å². The van der Waals surface area contributed by atoms with Gasteiger partial charge in [-0.15, -0.1) is 0 Å². The van der Waals surface area contributed by atoms with E-state index >= 15 is 0 Å². The van der Waals surface area contributed by atoms with Crippen molar-refractivity contribution in [1.29, 1.82) is 0 Å². The second-order valence-corrected chi connectivity index (χ2v) is 5.39. The highest BCUT2D eigenvalue weighted by molar-refractivity contribution is 5.80. The molecule has 0 aromatic rings. The Morgan fingerprint density at radius 3 is 2.44 bits per heavy atom. The Kier molecular flexibility index (Phi) is 3.34. The summed E-state index contributed by atoms with van der Waals surface area (Å²) in [7, 11) is 0. The number of halogens is 3. The zero-order valence-corrected chi connectivity index (χ0v) is 10.5. The van der Waals surface area contributed by atoms with Gasteiger partial charge in [-0.3, -0.25) is 4.79 Å². The molecule has 6 heteroatoms. The molecular formula is C12H18F3NO2. The number of alkyl halides is 3. The molecule has 2 aliphatic rings. The molecule has 0 aromatic carbocycles. The number of hydrogen-bond acceptors (Lipinski definition) is 2. The monoisotopic (exact) mass is 265 g/mol. The molecule has 2 rings (SSSR count). The lowest BCUT2D eigenvalue weighted by atomic mass is 9.87. The zero-order chi connectivity index (χ0) is 13.6. The molecule has 0 aromatic heterocycles. The number of carbonyl (C=O) groups is 1. The summed E-state index contributed by atoms with van der Waals surface area (Å²) < 4.78 is 44.2. The van der Waals surface area contributed by atoms with Crippen LogP contribution < -0.4 is 5.32 Å². The normalized spacial score (nSPS) is 34.4. The molecule has 0 spiro atoms. The molecule has 0 saturated carbocycles. The van der Waals surface area contributed by atoms with Crippen LogP contribution in [0.25, 0.3) is 0 Å². The lowest BCUT2D eigenvalue weighted by Crippen LogP contribution is -2.58. The third kappa shape index (κ3) is 2.22. The van der Waals surface area contributed by atoms with Crippen LogP contribution in [0.5, 0.6) is 0 Å². The molecule has 2 saturated heterocycles. The van der Waals surface area contributed by atoms with Crippen LogP contribution in [0, 0.1) is 5.92 Å². The summed E-state index contributed by atoms with van der Waals surface area (Å²) in [5.74, 6) is -0.944. The maximum atomic E-state index is 12.9. The van der Waals surface area contributed by atoms with E-state index in [4.69, 9.17) is 4.74 Å². The minimum absolute atomic E-state index is 0.0597. The molecule has 18 heavy (non-hydrogen) atoms. The number of fused-ring (bicyclic) bond motifs is 2. The van der Waals surface area contributed by atoms with Crippen molar-refractivity contribution < 1.29 is 22.7 Å². The van der Waals surface area contributed by atoms with Gasteiger partial charge < -0.3 is 10.1 Å². The van der Waals surface area contributed by atoms with Crippen molar-refractivity contribution in [1.82, 2.24) is 5.32 Å². The molecule has 0 unspecified atom stereocenters. The molecule has 104 valence electrons. The summed E-state index contributed by atoms with van der Waals surface area (Å²) in [6.45, 7) is 2.45. The number of amides is 1. The number of ether oxygens (including phenoxy) is 1. The fourth-order valence-electron chi connectivity index (χ4n) is 2.64. The van der Waals surface area contributed by atoms with Crippen molar-refractivity contribution in [3.63, 3.8) is 0 Å². The molecule has 2 heterocycles. The molecule has 1 amide bonds. The van der Waals surface area contributed by atoms with Crippen LogP contribution in [0.2, 0.25) is 0 Å². The molecule has 2 fully saturated rings. The van der Waals surface area contributed by atoms with Gasteiger partial charge in [0.1, 0.15) is 5.54 Å². The third-order valence-corrected chi connectivity index (χ3v) is 4.17. The minimum atomic E-state index is -4.43. The largest absolute Gasteiger partial charge is 0.411 e. The van der Waals surface area contributed by atoms with Crippen molar-refractivity contribution in [2.24, 2.45) is 5.92 Å². The lowest BCUT2D eigenvalue weighted by molar-refractivity contribution is -0.195. The van der Waals surface area contributed by atoms with Crippen LogP contribution in [0.3, 0.4) is 0 Å². The van der Waals surface area contributed by atoms with Gasteiger partial charge in [0.05, 0.1) is 18.1 Å². The first kappa shape index (κ1) is 13.6. The van der Waals surface area contributed by atoms with E-state index in [1.54, 1.807) is 0 Å². The molecule has 0 radical (unpaired) electrons. The third-order valence-electron chi connectivity index (χ3n) is 4.17. The highest BCUT2D eigenvalue weighted by atomic mass is 19.4. The van der Waals surface area contributed by atoms with E-state index in [-0.39, 0.29) is 18.6 Å². The average molecular weight is 265 g/mol. The van der Waals surface area contributed by atoms with E-state index in [0.29, 0.717) is 6.42 Å². The SMILES string of the molecule is CC[C@@](C)(NC(=O)[C@H]1C[C@H]2CC[C@H]1O2)C(F)(F)F. The lowest BCUT2D eigenvalue weighted by Gasteiger charge is -2.33. The van der Waals surface area contributed by atoms with Gasteiger partial charge in [-0.2, -0.15) is 13.2 Å². The van der Waals surface area contributed by atoms with Crippen LogP contribution in [0.4, 0.5) is 13.2 Å². The molecule has 2 aliphatic heterocycles. The van der Waals surface area contributed by atoms with Crippen LogP contribution in [-0.4, -0.2) is 29.8 Å². The molecule has 0 aliphatic carbocycles. The number of carbonyl (C=O) groups excluding carboxylic acids is 1. The Hall–Kier alpha value is -0.780. The van der Waals surface area contributed by atoms with Gasteiger partial charge in [-0.1, -0.05) is 6.92 Å². The van der Waals surface area contributed by atoms with Gasteiger partial charge in [0.25, 0.3) is 0 Å². The second kappa shape index (κ2) is 4.40. The van der Waals surface area contributed by atoms with Crippen molar-refractivity contribution in [3.8, 4) is 0 Å². The van der Waals surface area contributed by atoms with Crippen molar-refractivity contribution >= 4 is 5.91 Å². The summed E-state index contributed by atoms with van der Waals surface area (Å²) in [6, 6.07) is 0. The molecule has 4 atom stereocenters. The van der Waals surface area contributed by atoms with Crippen molar-refractivity contribution in [3.05, 3.63) is 0 Å². The van der Waals surface area contributed by atoms with Crippen LogP contribution in [0.1, 0.15) is 39.5 Å². The Labute approximate surface area is 104 Å². The smallest absolute Gasteiger partial charge is 0.374 e. The summed E-state index contributed by atoms with van der Waals surface area (Å²) in [5.41, 5.74) is -2.15. The maximum absolute atomic E-state index is 12.9. The zero-order valence-electron chi connectivity index (χ0n) is 10.5. The second-order valence-electron chi connectivity index (χ2n) is 5.39. The predicted molar refractivity (Wildman–Crippen MR) is 58.9 cm³/mol. The number of hydrogen-bond donors (Lipinski definition) is 1. The van der Waals surface area contributed by atoms with E-state index < -0.39 is 23.5 Å². The van der Waals surface area contributed by atoms with Crippen molar-refractivity contribution in [2.75, 3.05) is 0 Å². The highest BCUT2D eigenvalue weighted by Gasteiger charge is 2.53. The predicted octanol–water partition coefficient (Wildman–Crippen LogP) is 2.40. The highest BCUT2D eigenvalue weighted by Crippen LogP contribution is 2.40. The van der Waals surface area contributed by atoms with E-state index in [1.807, 2.05) is 0 Å². The first-order valence-corrected chi connectivity index (χ1v) is 6.31. The minimum Gasteiger partial charge on any atom is -0.374 e. The number of nitrogens with one attached hydrogen (secondary N) is 1. The van der Waals surface area contributed by atoms with E-state index in [2.05, 4.69) is 5.32 Å². The average Bonchev–Trinajstić information content (AvgIpc) is 2.88. The Morgan fingerprint density at radius 2 is 2.06 bits per heavy atom. The first-order valence-electron chi connectivity index (χ1n) is 6.31. The quantitative estimate of drug-likeness (QED) is 0.851. The summed E-state index contributed by atoms with van der Waals surface area (Å²) in [6.07, 6.45) is -2.50. The first-order chi connectivity index (χ1) is 8.27. The topological polar surface area (TPSA) is 38.3 Å². The van der Waals surface area contributed by atoms with Gasteiger partial charge in [0.2, 0.25) is 5.91 Å². The fourth-order valence-corrected chi connectivity index (χ4v) is 2.64. The van der Waals surface area contributed by atoms with Crippen molar-refractivity contribution in [2.45, 2.75) is 63.5 Å². The van der Waals surface area contributed by atoms with E-state index in [9.17, 15) is 18.0 Å². The van der Waals surface area contributed by atoms with Crippen LogP contribution in [-0.2, 0) is 9.53 Å². The van der Waals surface area contributed by atoms with E-state index in [0.717, 1.165) is 19.8 Å². The van der Waals surface area contributed by atoms with Crippen LogP contribution >= 0.6 is 0 Å². The maximum Gasteiger partial charge on any atom is 0.411 e. The Balaban J connectivity index is 2.02.